The van der Waals surface area contributed by atoms with Crippen molar-refractivity contribution in [2.45, 2.75) is 45.7 Å². The molecule has 0 spiro atoms. The molecule has 16 heavy (non-hydrogen) atoms. The molecule has 2 heterocycles. The van der Waals surface area contributed by atoms with Gasteiger partial charge in [0.2, 0.25) is 0 Å². The quantitative estimate of drug-likeness (QED) is 0.841. The van der Waals surface area contributed by atoms with Crippen molar-refractivity contribution in [3.8, 4) is 0 Å². The highest BCUT2D eigenvalue weighted by Crippen LogP contribution is 2.24. The van der Waals surface area contributed by atoms with E-state index in [1.54, 1.807) is 0 Å². The van der Waals surface area contributed by atoms with Crippen LogP contribution < -0.4 is 5.73 Å². The van der Waals surface area contributed by atoms with Gasteiger partial charge >= 0.3 is 0 Å². The highest BCUT2D eigenvalue weighted by molar-refractivity contribution is 5.26. The van der Waals surface area contributed by atoms with Gasteiger partial charge in [-0.05, 0) is 39.2 Å². The first-order valence-corrected chi connectivity index (χ1v) is 5.97. The molecule has 0 aromatic carbocycles. The summed E-state index contributed by atoms with van der Waals surface area (Å²) in [5.74, 6) is 0. The van der Waals surface area contributed by atoms with E-state index in [1.165, 1.54) is 11.3 Å². The maximum Gasteiger partial charge on any atom is 0.0777 e. The fourth-order valence-corrected chi connectivity index (χ4v) is 2.38. The van der Waals surface area contributed by atoms with E-state index in [0.29, 0.717) is 6.04 Å². The van der Waals surface area contributed by atoms with Gasteiger partial charge < -0.3 is 10.5 Å². The van der Waals surface area contributed by atoms with E-state index in [-0.39, 0.29) is 6.04 Å². The largest absolute Gasteiger partial charge is 0.379 e. The standard InChI is InChI=1S/C12H21N3O/c1-8(13)6-12-9(2)14-15(10(12)3)11-4-5-16-7-11/h8,11H,4-7,13H2,1-3H3. The molecule has 2 atom stereocenters. The van der Waals surface area contributed by atoms with Crippen LogP contribution in [0.15, 0.2) is 0 Å². The Hall–Kier alpha value is -0.870. The van der Waals surface area contributed by atoms with Crippen LogP contribution in [-0.2, 0) is 11.2 Å². The summed E-state index contributed by atoms with van der Waals surface area (Å²) in [6, 6.07) is 0.607. The topological polar surface area (TPSA) is 53.1 Å². The lowest BCUT2D eigenvalue weighted by Crippen LogP contribution is -2.19. The number of nitrogens with two attached hydrogens (primary N) is 1. The molecule has 4 nitrogen and oxygen atoms in total. The van der Waals surface area contributed by atoms with E-state index >= 15 is 0 Å². The van der Waals surface area contributed by atoms with Gasteiger partial charge in [-0.25, -0.2) is 0 Å². The maximum absolute atomic E-state index is 5.86. The number of rotatable bonds is 3. The van der Waals surface area contributed by atoms with Crippen LogP contribution in [0.3, 0.4) is 0 Å². The van der Waals surface area contributed by atoms with Gasteiger partial charge in [-0.2, -0.15) is 5.10 Å². The lowest BCUT2D eigenvalue weighted by molar-refractivity contribution is 0.184. The van der Waals surface area contributed by atoms with Gasteiger partial charge in [0.25, 0.3) is 0 Å². The van der Waals surface area contributed by atoms with E-state index in [2.05, 4.69) is 23.6 Å². The molecule has 2 rings (SSSR count). The van der Waals surface area contributed by atoms with Crippen molar-refractivity contribution in [1.29, 1.82) is 0 Å². The van der Waals surface area contributed by atoms with Crippen LogP contribution >= 0.6 is 0 Å². The molecule has 1 aliphatic rings. The molecule has 1 aromatic heterocycles. The Bertz CT molecular complexity index is 365. The minimum Gasteiger partial charge on any atom is -0.379 e. The Morgan fingerprint density at radius 3 is 2.88 bits per heavy atom. The minimum absolute atomic E-state index is 0.190. The van der Waals surface area contributed by atoms with Crippen molar-refractivity contribution in [3.05, 3.63) is 17.0 Å². The zero-order chi connectivity index (χ0) is 11.7. The summed E-state index contributed by atoms with van der Waals surface area (Å²) < 4.78 is 7.54. The van der Waals surface area contributed by atoms with Gasteiger partial charge in [0.05, 0.1) is 18.3 Å². The second-order valence-corrected chi connectivity index (χ2v) is 4.79. The van der Waals surface area contributed by atoms with Gasteiger partial charge in [0.1, 0.15) is 0 Å². The van der Waals surface area contributed by atoms with Gasteiger partial charge in [-0.3, -0.25) is 4.68 Å². The molecule has 1 saturated heterocycles. The zero-order valence-electron chi connectivity index (χ0n) is 10.4. The van der Waals surface area contributed by atoms with Crippen molar-refractivity contribution in [1.82, 2.24) is 9.78 Å². The van der Waals surface area contributed by atoms with Crippen LogP contribution in [0.1, 0.15) is 36.3 Å². The summed E-state index contributed by atoms with van der Waals surface area (Å²) in [7, 11) is 0. The zero-order valence-corrected chi connectivity index (χ0v) is 10.4. The van der Waals surface area contributed by atoms with Gasteiger partial charge in [0, 0.05) is 18.3 Å². The second kappa shape index (κ2) is 4.55. The summed E-state index contributed by atoms with van der Waals surface area (Å²) in [4.78, 5) is 0. The van der Waals surface area contributed by atoms with Crippen molar-refractivity contribution >= 4 is 0 Å². The number of hydrogen-bond acceptors (Lipinski definition) is 3. The molecule has 0 amide bonds. The van der Waals surface area contributed by atoms with E-state index in [0.717, 1.165) is 31.7 Å². The Morgan fingerprint density at radius 1 is 1.56 bits per heavy atom. The third kappa shape index (κ3) is 2.13. The number of aromatic nitrogens is 2. The molecule has 1 aromatic rings. The van der Waals surface area contributed by atoms with Crippen molar-refractivity contribution in [2.75, 3.05) is 13.2 Å². The van der Waals surface area contributed by atoms with E-state index in [1.807, 2.05) is 6.92 Å². The Balaban J connectivity index is 2.26. The summed E-state index contributed by atoms with van der Waals surface area (Å²) in [5, 5.41) is 4.63. The average molecular weight is 223 g/mol. The Morgan fingerprint density at radius 2 is 2.31 bits per heavy atom. The monoisotopic (exact) mass is 223 g/mol. The molecule has 90 valence electrons. The number of ether oxygens (including phenoxy) is 1. The van der Waals surface area contributed by atoms with Crippen LogP contribution in [0.5, 0.6) is 0 Å². The molecule has 4 heteroatoms. The number of nitrogens with zero attached hydrogens (tertiary/aromatic N) is 2. The summed E-state index contributed by atoms with van der Waals surface area (Å²) in [6.07, 6.45) is 1.98. The molecule has 0 aliphatic carbocycles. The molecule has 0 radical (unpaired) electrons. The third-order valence-corrected chi connectivity index (χ3v) is 3.25. The third-order valence-electron chi connectivity index (χ3n) is 3.25. The smallest absolute Gasteiger partial charge is 0.0777 e. The van der Waals surface area contributed by atoms with Gasteiger partial charge in [-0.15, -0.1) is 0 Å². The lowest BCUT2D eigenvalue weighted by Gasteiger charge is -2.11. The number of aryl methyl sites for hydroxylation is 1. The van der Waals surface area contributed by atoms with E-state index in [9.17, 15) is 0 Å². The van der Waals surface area contributed by atoms with Crippen LogP contribution in [0, 0.1) is 13.8 Å². The van der Waals surface area contributed by atoms with E-state index < -0.39 is 0 Å². The van der Waals surface area contributed by atoms with E-state index in [4.69, 9.17) is 10.5 Å². The molecule has 1 fully saturated rings. The molecule has 2 N–H and O–H groups in total. The summed E-state index contributed by atoms with van der Waals surface area (Å²) in [6.45, 7) is 7.88. The first-order valence-electron chi connectivity index (χ1n) is 5.97. The molecule has 0 saturated carbocycles. The molecule has 1 aliphatic heterocycles. The van der Waals surface area contributed by atoms with Crippen LogP contribution in [0.2, 0.25) is 0 Å². The Labute approximate surface area is 96.8 Å². The van der Waals surface area contributed by atoms with Gasteiger partial charge in [0.15, 0.2) is 0 Å². The molecule has 0 bridgehead atoms. The lowest BCUT2D eigenvalue weighted by atomic mass is 10.1. The first-order chi connectivity index (χ1) is 7.59. The summed E-state index contributed by atoms with van der Waals surface area (Å²) >= 11 is 0. The summed E-state index contributed by atoms with van der Waals surface area (Å²) in [5.41, 5.74) is 9.54. The fraction of sp³-hybridized carbons (Fsp3) is 0.750. The highest BCUT2D eigenvalue weighted by atomic mass is 16.5. The molecular formula is C12H21N3O. The maximum atomic E-state index is 5.86. The van der Waals surface area contributed by atoms with Crippen LogP contribution in [0.25, 0.3) is 0 Å². The van der Waals surface area contributed by atoms with Gasteiger partial charge in [-0.1, -0.05) is 0 Å². The highest BCUT2D eigenvalue weighted by Gasteiger charge is 2.22. The predicted molar refractivity (Wildman–Crippen MR) is 63.5 cm³/mol. The minimum atomic E-state index is 0.190. The van der Waals surface area contributed by atoms with Crippen molar-refractivity contribution in [2.24, 2.45) is 5.73 Å². The second-order valence-electron chi connectivity index (χ2n) is 4.79. The SMILES string of the molecule is Cc1nn(C2CCOC2)c(C)c1CC(C)N. The molecular weight excluding hydrogens is 202 g/mol. The molecule has 2 unspecified atom stereocenters. The predicted octanol–water partition coefficient (Wildman–Crippen LogP) is 1.35. The first kappa shape index (κ1) is 11.6. The average Bonchev–Trinajstić information content (AvgIpc) is 2.80. The van der Waals surface area contributed by atoms with Crippen molar-refractivity contribution < 1.29 is 4.74 Å². The normalized spacial score (nSPS) is 22.6. The fourth-order valence-electron chi connectivity index (χ4n) is 2.38. The van der Waals surface area contributed by atoms with Crippen molar-refractivity contribution in [3.63, 3.8) is 0 Å². The van der Waals surface area contributed by atoms with Crippen LogP contribution in [-0.4, -0.2) is 29.0 Å². The number of hydrogen-bond donors (Lipinski definition) is 1. The van der Waals surface area contributed by atoms with Crippen LogP contribution in [0.4, 0.5) is 0 Å². The Kier molecular flexibility index (Phi) is 3.30.